The molecule has 0 unspecified atom stereocenters. The molecule has 1 aliphatic carbocycles. The van der Waals surface area contributed by atoms with Gasteiger partial charge in [0.25, 0.3) is 0 Å². The molecule has 1 aromatic carbocycles. The van der Waals surface area contributed by atoms with Crippen molar-refractivity contribution >= 4 is 5.97 Å². The highest BCUT2D eigenvalue weighted by molar-refractivity contribution is 5.90. The molecule has 2 nitrogen and oxygen atoms in total. The molecule has 0 aromatic heterocycles. The van der Waals surface area contributed by atoms with E-state index < -0.39 is 23.4 Å². The van der Waals surface area contributed by atoms with Crippen molar-refractivity contribution in [3.63, 3.8) is 0 Å². The molecule has 134 valence electrons. The number of hydrogen-bond donors (Lipinski definition) is 0. The zero-order valence-electron chi connectivity index (χ0n) is 14.2. The van der Waals surface area contributed by atoms with E-state index in [9.17, 15) is 18.0 Å². The average Bonchev–Trinajstić information content (AvgIpc) is 2.61. The molecule has 0 radical (unpaired) electrons. The van der Waals surface area contributed by atoms with Crippen LogP contribution in [0.15, 0.2) is 60.2 Å². The lowest BCUT2D eigenvalue weighted by molar-refractivity contribution is 0.0625. The Balaban J connectivity index is 2.03. The van der Waals surface area contributed by atoms with Crippen molar-refractivity contribution in [2.24, 2.45) is 0 Å². The maximum absolute atomic E-state index is 13.3. The number of rotatable bonds is 5. The van der Waals surface area contributed by atoms with Gasteiger partial charge in [-0.1, -0.05) is 38.0 Å². The van der Waals surface area contributed by atoms with Crippen LogP contribution in [0, 0.1) is 0 Å². The maximum Gasteiger partial charge on any atom is 0.343 e. The minimum absolute atomic E-state index is 0.185. The number of ether oxygens (including phenoxy) is 1. The second-order valence-electron chi connectivity index (χ2n) is 6.17. The predicted molar refractivity (Wildman–Crippen MR) is 90.9 cm³/mol. The Morgan fingerprint density at radius 2 is 1.72 bits per heavy atom. The quantitative estimate of drug-likeness (QED) is 0.347. The molecule has 0 N–H and O–H groups in total. The fourth-order valence-corrected chi connectivity index (χ4v) is 2.93. The third-order valence-corrected chi connectivity index (χ3v) is 4.25. The number of benzene rings is 1. The molecular weight excluding hydrogens is 329 g/mol. The largest absolute Gasteiger partial charge is 0.428 e. The van der Waals surface area contributed by atoms with E-state index in [1.54, 1.807) is 12.1 Å². The SMILES string of the molecule is C=C(F)/C(F)=C(F)\C=C(/C)OC(=O)c1ccc(C2CCCCC2)cc1. The molecule has 0 aliphatic heterocycles. The zero-order chi connectivity index (χ0) is 18.4. The summed E-state index contributed by atoms with van der Waals surface area (Å²) in [5, 5.41) is 0. The molecule has 5 heteroatoms. The highest BCUT2D eigenvalue weighted by atomic mass is 19.2. The lowest BCUT2D eigenvalue weighted by Gasteiger charge is -2.21. The summed E-state index contributed by atoms with van der Waals surface area (Å²) in [5.41, 5.74) is 1.51. The zero-order valence-corrected chi connectivity index (χ0v) is 14.2. The molecule has 0 spiro atoms. The molecule has 2 rings (SSSR count). The molecule has 1 fully saturated rings. The topological polar surface area (TPSA) is 26.3 Å². The predicted octanol–water partition coefficient (Wildman–Crippen LogP) is 6.43. The van der Waals surface area contributed by atoms with Crippen LogP contribution in [0.2, 0.25) is 0 Å². The third-order valence-electron chi connectivity index (χ3n) is 4.25. The molecule has 1 aromatic rings. The van der Waals surface area contributed by atoms with Crippen LogP contribution >= 0.6 is 0 Å². The second kappa shape index (κ2) is 8.70. The van der Waals surface area contributed by atoms with Crippen LogP contribution in [0.3, 0.4) is 0 Å². The maximum atomic E-state index is 13.3. The number of carbonyl (C=O) groups excluding carboxylic acids is 1. The smallest absolute Gasteiger partial charge is 0.343 e. The number of halogens is 3. The number of hydrogen-bond acceptors (Lipinski definition) is 2. The van der Waals surface area contributed by atoms with E-state index in [2.05, 4.69) is 6.58 Å². The van der Waals surface area contributed by atoms with Crippen LogP contribution in [0.1, 0.15) is 60.9 Å². The van der Waals surface area contributed by atoms with E-state index in [0.29, 0.717) is 17.6 Å². The lowest BCUT2D eigenvalue weighted by atomic mass is 9.84. The first-order chi connectivity index (χ1) is 11.9. The lowest BCUT2D eigenvalue weighted by Crippen LogP contribution is -2.07. The minimum Gasteiger partial charge on any atom is -0.428 e. The van der Waals surface area contributed by atoms with E-state index >= 15 is 0 Å². The normalized spacial score (nSPS) is 17.0. The van der Waals surface area contributed by atoms with Gasteiger partial charge in [0.05, 0.1) is 5.56 Å². The summed E-state index contributed by atoms with van der Waals surface area (Å²) < 4.78 is 43.8. The fourth-order valence-electron chi connectivity index (χ4n) is 2.93. The Bertz CT molecular complexity index is 696. The van der Waals surface area contributed by atoms with Crippen molar-refractivity contribution in [2.75, 3.05) is 0 Å². The van der Waals surface area contributed by atoms with Gasteiger partial charge in [0.2, 0.25) is 0 Å². The highest BCUT2D eigenvalue weighted by Gasteiger charge is 2.16. The minimum atomic E-state index is -1.72. The van der Waals surface area contributed by atoms with Crippen molar-refractivity contribution < 1.29 is 22.7 Å². The standard InChI is InChI=1S/C20H21F3O2/c1-13(12-18(22)19(23)14(2)21)25-20(24)17-10-8-16(9-11-17)15-6-4-3-5-7-15/h8-12,15H,2-7H2,1H3/b13-12+,19-18-. The van der Waals surface area contributed by atoms with Crippen molar-refractivity contribution in [1.82, 2.24) is 0 Å². The summed E-state index contributed by atoms with van der Waals surface area (Å²) in [6, 6.07) is 7.13. The van der Waals surface area contributed by atoms with E-state index in [0.717, 1.165) is 12.8 Å². The molecule has 25 heavy (non-hydrogen) atoms. The van der Waals surface area contributed by atoms with Gasteiger partial charge < -0.3 is 4.74 Å². The molecule has 1 saturated carbocycles. The van der Waals surface area contributed by atoms with Crippen LogP contribution in [-0.4, -0.2) is 5.97 Å². The first-order valence-corrected chi connectivity index (χ1v) is 8.29. The van der Waals surface area contributed by atoms with Crippen molar-refractivity contribution in [3.8, 4) is 0 Å². The summed E-state index contributed by atoms with van der Waals surface area (Å²) in [6.45, 7) is 3.94. The fraction of sp³-hybridized carbons (Fsp3) is 0.350. The summed E-state index contributed by atoms with van der Waals surface area (Å²) >= 11 is 0. The van der Waals surface area contributed by atoms with E-state index in [4.69, 9.17) is 4.74 Å². The summed E-state index contributed by atoms with van der Waals surface area (Å²) in [4.78, 5) is 12.0. The van der Waals surface area contributed by atoms with Crippen LogP contribution in [0.5, 0.6) is 0 Å². The van der Waals surface area contributed by atoms with Crippen LogP contribution in [-0.2, 0) is 4.74 Å². The van der Waals surface area contributed by atoms with Gasteiger partial charge in [-0.15, -0.1) is 0 Å². The van der Waals surface area contributed by atoms with Crippen molar-refractivity contribution in [3.05, 3.63) is 71.3 Å². The van der Waals surface area contributed by atoms with Gasteiger partial charge in [-0.05, 0) is 43.4 Å². The Morgan fingerprint density at radius 3 is 2.28 bits per heavy atom. The summed E-state index contributed by atoms with van der Waals surface area (Å²) in [6.07, 6.45) is 6.63. The van der Waals surface area contributed by atoms with Gasteiger partial charge in [-0.25, -0.2) is 18.0 Å². The highest BCUT2D eigenvalue weighted by Crippen LogP contribution is 2.32. The molecular formula is C20H21F3O2. The van der Waals surface area contributed by atoms with E-state index in [1.807, 2.05) is 12.1 Å². The second-order valence-corrected chi connectivity index (χ2v) is 6.17. The van der Waals surface area contributed by atoms with Gasteiger partial charge >= 0.3 is 5.97 Å². The molecule has 0 atom stereocenters. The Morgan fingerprint density at radius 1 is 1.12 bits per heavy atom. The average molecular weight is 350 g/mol. The van der Waals surface area contributed by atoms with Crippen LogP contribution < -0.4 is 0 Å². The van der Waals surface area contributed by atoms with E-state index in [1.165, 1.54) is 31.7 Å². The van der Waals surface area contributed by atoms with Crippen LogP contribution in [0.4, 0.5) is 13.2 Å². The molecule has 0 bridgehead atoms. The third kappa shape index (κ3) is 5.34. The van der Waals surface area contributed by atoms with Gasteiger partial charge in [-0.2, -0.15) is 0 Å². The number of allylic oxidation sites excluding steroid dienone is 5. The Hall–Kier alpha value is -2.30. The van der Waals surface area contributed by atoms with Crippen molar-refractivity contribution in [2.45, 2.75) is 44.9 Å². The van der Waals surface area contributed by atoms with Crippen molar-refractivity contribution in [1.29, 1.82) is 0 Å². The van der Waals surface area contributed by atoms with E-state index in [-0.39, 0.29) is 5.76 Å². The number of carbonyl (C=O) groups is 1. The van der Waals surface area contributed by atoms with Gasteiger partial charge in [-0.3, -0.25) is 0 Å². The Labute approximate surface area is 145 Å². The van der Waals surface area contributed by atoms with Crippen LogP contribution in [0.25, 0.3) is 0 Å². The summed E-state index contributed by atoms with van der Waals surface area (Å²) in [5.74, 6) is -5.06. The van der Waals surface area contributed by atoms with Gasteiger partial charge in [0.1, 0.15) is 5.76 Å². The molecule has 0 saturated heterocycles. The number of esters is 1. The Kier molecular flexibility index (Phi) is 6.62. The monoisotopic (exact) mass is 350 g/mol. The first kappa shape index (κ1) is 19.0. The first-order valence-electron chi connectivity index (χ1n) is 8.29. The molecule has 0 heterocycles. The summed E-state index contributed by atoms with van der Waals surface area (Å²) in [7, 11) is 0. The van der Waals surface area contributed by atoms with Gasteiger partial charge in [0, 0.05) is 6.08 Å². The van der Waals surface area contributed by atoms with Gasteiger partial charge in [0.15, 0.2) is 17.5 Å². The molecule has 1 aliphatic rings. The molecule has 0 amide bonds.